The van der Waals surface area contributed by atoms with Gasteiger partial charge in [-0.25, -0.2) is 0 Å². The van der Waals surface area contributed by atoms with E-state index in [1.807, 2.05) is 62.4 Å². The Morgan fingerprint density at radius 1 is 1.03 bits per heavy atom. The van der Waals surface area contributed by atoms with Crippen LogP contribution in [0.15, 0.2) is 72.8 Å². The lowest BCUT2D eigenvalue weighted by Gasteiger charge is -2.32. The van der Waals surface area contributed by atoms with E-state index in [-0.39, 0.29) is 23.7 Å². The lowest BCUT2D eigenvalue weighted by Crippen LogP contribution is -2.41. The summed E-state index contributed by atoms with van der Waals surface area (Å²) in [5, 5.41) is 12.0. The summed E-state index contributed by atoms with van der Waals surface area (Å²) in [4.78, 5) is 27.7. The second-order valence-electron chi connectivity index (χ2n) is 9.49. The van der Waals surface area contributed by atoms with Crippen LogP contribution in [0.5, 0.6) is 5.75 Å². The largest absolute Gasteiger partial charge is 0.497 e. The number of nitrogens with one attached hydrogen (secondary N) is 1. The number of benzene rings is 3. The van der Waals surface area contributed by atoms with Crippen LogP contribution in [0.25, 0.3) is 0 Å². The van der Waals surface area contributed by atoms with Gasteiger partial charge in [0.25, 0.3) is 5.91 Å². The summed E-state index contributed by atoms with van der Waals surface area (Å²) >= 11 is 0. The SMILES string of the molecule is COc1ccc(CC(=O)Nc2cccc(CN(CC(C)(C)CN)C(=O)c3ccc(C#N)cc3)c2)cc1. The lowest BCUT2D eigenvalue weighted by atomic mass is 9.92. The van der Waals surface area contributed by atoms with Crippen LogP contribution in [0, 0.1) is 16.7 Å². The summed E-state index contributed by atoms with van der Waals surface area (Å²) in [5.74, 6) is 0.465. The molecule has 3 N–H and O–H groups in total. The topological polar surface area (TPSA) is 108 Å². The van der Waals surface area contributed by atoms with Crippen molar-refractivity contribution >= 4 is 17.5 Å². The molecule has 0 saturated heterocycles. The molecule has 2 amide bonds. The Hall–Kier alpha value is -4.15. The zero-order valence-corrected chi connectivity index (χ0v) is 21.0. The van der Waals surface area contributed by atoms with E-state index in [2.05, 4.69) is 11.4 Å². The highest BCUT2D eigenvalue weighted by molar-refractivity contribution is 5.94. The molecule has 0 fully saturated rings. The predicted octanol–water partition coefficient (Wildman–Crippen LogP) is 4.38. The van der Waals surface area contributed by atoms with Crippen molar-refractivity contribution in [2.24, 2.45) is 11.1 Å². The number of hydrogen-bond donors (Lipinski definition) is 2. The molecule has 0 spiro atoms. The van der Waals surface area contributed by atoms with Crippen LogP contribution in [0.1, 0.15) is 40.9 Å². The van der Waals surface area contributed by atoms with Crippen molar-refractivity contribution in [2.45, 2.75) is 26.8 Å². The standard InChI is InChI=1S/C29H32N4O3/c1-29(2,19-31)20-33(28(35)24-11-7-22(17-30)8-12-24)18-23-5-4-6-25(15-23)32-27(34)16-21-9-13-26(36-3)14-10-21/h4-15H,16,18-20,31H2,1-3H3,(H,32,34). The first-order valence-electron chi connectivity index (χ1n) is 11.7. The third-order valence-electron chi connectivity index (χ3n) is 5.83. The Labute approximate surface area is 212 Å². The molecule has 3 rings (SSSR count). The number of amides is 2. The van der Waals surface area contributed by atoms with Crippen LogP contribution in [-0.2, 0) is 17.8 Å². The first kappa shape index (κ1) is 26.5. The predicted molar refractivity (Wildman–Crippen MR) is 141 cm³/mol. The highest BCUT2D eigenvalue weighted by Crippen LogP contribution is 2.21. The van der Waals surface area contributed by atoms with E-state index in [4.69, 9.17) is 15.7 Å². The van der Waals surface area contributed by atoms with Gasteiger partial charge in [-0.05, 0) is 71.6 Å². The maximum atomic E-state index is 13.4. The van der Waals surface area contributed by atoms with Crippen molar-refractivity contribution in [2.75, 3.05) is 25.5 Å². The zero-order valence-electron chi connectivity index (χ0n) is 21.0. The molecule has 0 heterocycles. The number of carbonyl (C=O) groups excluding carboxylic acids is 2. The second kappa shape index (κ2) is 12.0. The van der Waals surface area contributed by atoms with E-state index in [9.17, 15) is 9.59 Å². The third-order valence-corrected chi connectivity index (χ3v) is 5.83. The smallest absolute Gasteiger partial charge is 0.254 e. The van der Waals surface area contributed by atoms with Crippen molar-refractivity contribution in [3.05, 3.63) is 95.1 Å². The Balaban J connectivity index is 1.74. The summed E-state index contributed by atoms with van der Waals surface area (Å²) in [5.41, 5.74) is 9.10. The van der Waals surface area contributed by atoms with E-state index >= 15 is 0 Å². The quantitative estimate of drug-likeness (QED) is 0.444. The minimum absolute atomic E-state index is 0.132. The number of hydrogen-bond acceptors (Lipinski definition) is 5. The van der Waals surface area contributed by atoms with E-state index in [1.165, 1.54) is 0 Å². The summed E-state index contributed by atoms with van der Waals surface area (Å²) in [6.45, 7) is 5.26. The fourth-order valence-corrected chi connectivity index (χ4v) is 3.75. The molecule has 36 heavy (non-hydrogen) atoms. The number of rotatable bonds is 10. The van der Waals surface area contributed by atoms with Crippen LogP contribution in [0.4, 0.5) is 5.69 Å². The molecule has 0 bridgehead atoms. The highest BCUT2D eigenvalue weighted by Gasteiger charge is 2.25. The molecule has 186 valence electrons. The number of ether oxygens (including phenoxy) is 1. The van der Waals surface area contributed by atoms with Crippen LogP contribution in [0.3, 0.4) is 0 Å². The van der Waals surface area contributed by atoms with Gasteiger partial charge in [0.2, 0.25) is 5.91 Å². The van der Waals surface area contributed by atoms with E-state index in [1.54, 1.807) is 36.3 Å². The number of nitrogens with zero attached hydrogens (tertiary/aromatic N) is 2. The van der Waals surface area contributed by atoms with E-state index in [0.29, 0.717) is 36.4 Å². The van der Waals surface area contributed by atoms with Gasteiger partial charge >= 0.3 is 0 Å². The van der Waals surface area contributed by atoms with Gasteiger partial charge in [0.1, 0.15) is 5.75 Å². The molecule has 7 heteroatoms. The number of carbonyl (C=O) groups is 2. The minimum atomic E-state index is -0.285. The highest BCUT2D eigenvalue weighted by atomic mass is 16.5. The van der Waals surface area contributed by atoms with Crippen molar-refractivity contribution in [1.29, 1.82) is 5.26 Å². The molecule has 0 aliphatic carbocycles. The summed E-state index contributed by atoms with van der Waals surface area (Å²) < 4.78 is 5.16. The first-order valence-corrected chi connectivity index (χ1v) is 11.7. The minimum Gasteiger partial charge on any atom is -0.497 e. The van der Waals surface area contributed by atoms with Gasteiger partial charge in [-0.15, -0.1) is 0 Å². The molecule has 0 saturated carbocycles. The molecule has 3 aromatic carbocycles. The lowest BCUT2D eigenvalue weighted by molar-refractivity contribution is -0.115. The van der Waals surface area contributed by atoms with Crippen LogP contribution < -0.4 is 15.8 Å². The molecule has 0 aliphatic rings. The van der Waals surface area contributed by atoms with Gasteiger partial charge < -0.3 is 20.7 Å². The van der Waals surface area contributed by atoms with Gasteiger partial charge in [-0.1, -0.05) is 38.1 Å². The Morgan fingerprint density at radius 3 is 2.33 bits per heavy atom. The summed E-state index contributed by atoms with van der Waals surface area (Å²) in [6.07, 6.45) is 0.238. The van der Waals surface area contributed by atoms with Crippen molar-refractivity contribution in [3.63, 3.8) is 0 Å². The van der Waals surface area contributed by atoms with Crippen LogP contribution in [-0.4, -0.2) is 36.9 Å². The molecule has 0 unspecified atom stereocenters. The normalized spacial score (nSPS) is 10.9. The third kappa shape index (κ3) is 7.42. The average Bonchev–Trinajstić information content (AvgIpc) is 2.88. The fraction of sp³-hybridized carbons (Fsp3) is 0.276. The molecular weight excluding hydrogens is 452 g/mol. The van der Waals surface area contributed by atoms with Crippen LogP contribution in [0.2, 0.25) is 0 Å². The van der Waals surface area contributed by atoms with Gasteiger partial charge in [-0.3, -0.25) is 9.59 Å². The average molecular weight is 485 g/mol. The second-order valence-corrected chi connectivity index (χ2v) is 9.49. The maximum absolute atomic E-state index is 13.4. The Kier molecular flexibility index (Phi) is 8.82. The monoisotopic (exact) mass is 484 g/mol. The first-order chi connectivity index (χ1) is 17.2. The molecule has 7 nitrogen and oxygen atoms in total. The number of anilines is 1. The Morgan fingerprint density at radius 2 is 1.72 bits per heavy atom. The van der Waals surface area contributed by atoms with Gasteiger partial charge in [-0.2, -0.15) is 5.26 Å². The maximum Gasteiger partial charge on any atom is 0.254 e. The fourth-order valence-electron chi connectivity index (χ4n) is 3.75. The molecular formula is C29H32N4O3. The molecule has 0 aromatic heterocycles. The van der Waals surface area contributed by atoms with Gasteiger partial charge in [0, 0.05) is 24.3 Å². The van der Waals surface area contributed by atoms with Crippen molar-refractivity contribution < 1.29 is 14.3 Å². The van der Waals surface area contributed by atoms with Crippen LogP contribution >= 0.6 is 0 Å². The number of nitriles is 1. The van der Waals surface area contributed by atoms with Gasteiger partial charge in [0.05, 0.1) is 25.2 Å². The zero-order chi connectivity index (χ0) is 26.1. The summed E-state index contributed by atoms with van der Waals surface area (Å²) in [6, 6.07) is 23.5. The number of nitrogens with two attached hydrogens (primary N) is 1. The molecule has 0 atom stereocenters. The molecule has 3 aromatic rings. The Bertz CT molecular complexity index is 1230. The van der Waals surface area contributed by atoms with Crippen molar-refractivity contribution in [3.8, 4) is 11.8 Å². The molecule has 0 radical (unpaired) electrons. The number of methoxy groups -OCH3 is 1. The summed E-state index contributed by atoms with van der Waals surface area (Å²) in [7, 11) is 1.60. The molecule has 0 aliphatic heterocycles. The van der Waals surface area contributed by atoms with E-state index in [0.717, 1.165) is 16.9 Å². The van der Waals surface area contributed by atoms with E-state index < -0.39 is 0 Å². The van der Waals surface area contributed by atoms with Crippen molar-refractivity contribution in [1.82, 2.24) is 4.90 Å². The van der Waals surface area contributed by atoms with Gasteiger partial charge in [0.15, 0.2) is 0 Å².